The largest absolute Gasteiger partial charge is 0.416 e. The summed E-state index contributed by atoms with van der Waals surface area (Å²) in [6.07, 6.45) is -1.58. The standard InChI is InChI=1S/C20H17Cl2F3N2O/c1-19(2,3)27-10-11(6-17(28)18-15(22)8-13(21)9-26-18)14-7-12(20(23,24)25)4-5-16(14)27/h4-5,7-10H,6H2,1-3H3. The van der Waals surface area contributed by atoms with E-state index < -0.39 is 17.5 Å². The van der Waals surface area contributed by atoms with Crippen molar-refractivity contribution in [2.75, 3.05) is 0 Å². The first kappa shape index (κ1) is 20.7. The second-order valence-corrected chi connectivity index (χ2v) is 8.35. The van der Waals surface area contributed by atoms with Crippen LogP contribution in [0.3, 0.4) is 0 Å². The summed E-state index contributed by atoms with van der Waals surface area (Å²) in [5.74, 6) is -0.396. The fraction of sp³-hybridized carbons (Fsp3) is 0.300. The minimum Gasteiger partial charge on any atom is -0.342 e. The average molecular weight is 429 g/mol. The highest BCUT2D eigenvalue weighted by molar-refractivity contribution is 6.36. The summed E-state index contributed by atoms with van der Waals surface area (Å²) in [6, 6.07) is 4.97. The number of hydrogen-bond acceptors (Lipinski definition) is 2. The van der Waals surface area contributed by atoms with Crippen LogP contribution in [0.25, 0.3) is 10.9 Å². The van der Waals surface area contributed by atoms with Gasteiger partial charge in [-0.05, 0) is 50.6 Å². The molecule has 0 fully saturated rings. The van der Waals surface area contributed by atoms with Gasteiger partial charge in [-0.2, -0.15) is 13.2 Å². The SMILES string of the molecule is CC(C)(C)n1cc(CC(=O)c2ncc(Cl)cc2Cl)c2cc(C(F)(F)F)ccc21. The molecule has 3 aromatic rings. The molecule has 0 unspecified atom stereocenters. The fourth-order valence-electron chi connectivity index (χ4n) is 3.05. The fourth-order valence-corrected chi connectivity index (χ4v) is 3.53. The molecule has 0 amide bonds. The highest BCUT2D eigenvalue weighted by atomic mass is 35.5. The smallest absolute Gasteiger partial charge is 0.342 e. The van der Waals surface area contributed by atoms with E-state index >= 15 is 0 Å². The molecule has 0 aliphatic rings. The van der Waals surface area contributed by atoms with Gasteiger partial charge in [0.15, 0.2) is 5.78 Å². The Kier molecular flexibility index (Phi) is 5.23. The van der Waals surface area contributed by atoms with Gasteiger partial charge < -0.3 is 4.57 Å². The van der Waals surface area contributed by atoms with Gasteiger partial charge in [-0.3, -0.25) is 4.79 Å². The first-order valence-corrected chi connectivity index (χ1v) is 9.19. The molecule has 0 saturated carbocycles. The number of halogens is 5. The molecule has 3 rings (SSSR count). The Morgan fingerprint density at radius 1 is 1.14 bits per heavy atom. The molecule has 3 nitrogen and oxygen atoms in total. The average Bonchev–Trinajstić information content (AvgIpc) is 2.92. The summed E-state index contributed by atoms with van der Waals surface area (Å²) >= 11 is 11.9. The van der Waals surface area contributed by atoms with Crippen molar-refractivity contribution in [1.29, 1.82) is 0 Å². The van der Waals surface area contributed by atoms with Crippen molar-refractivity contribution >= 4 is 39.9 Å². The molecule has 8 heteroatoms. The predicted octanol–water partition coefficient (Wildman–Crippen LogP) is 6.54. The van der Waals surface area contributed by atoms with Crippen molar-refractivity contribution in [3.05, 3.63) is 63.5 Å². The highest BCUT2D eigenvalue weighted by Crippen LogP contribution is 2.35. The molecular weight excluding hydrogens is 412 g/mol. The van der Waals surface area contributed by atoms with Gasteiger partial charge in [0.25, 0.3) is 0 Å². The lowest BCUT2D eigenvalue weighted by Crippen LogP contribution is -2.20. The molecule has 0 aliphatic heterocycles. The number of pyridine rings is 1. The van der Waals surface area contributed by atoms with Gasteiger partial charge in [0.2, 0.25) is 0 Å². The van der Waals surface area contributed by atoms with E-state index in [9.17, 15) is 18.0 Å². The lowest BCUT2D eigenvalue weighted by atomic mass is 10.0. The van der Waals surface area contributed by atoms with Crippen LogP contribution in [0.5, 0.6) is 0 Å². The van der Waals surface area contributed by atoms with Crippen LogP contribution < -0.4 is 0 Å². The Hall–Kier alpha value is -2.05. The number of alkyl halides is 3. The third-order valence-electron chi connectivity index (χ3n) is 4.36. The number of ketones is 1. The zero-order chi connectivity index (χ0) is 20.9. The van der Waals surface area contributed by atoms with Crippen LogP contribution in [0.2, 0.25) is 10.0 Å². The predicted molar refractivity (Wildman–Crippen MR) is 104 cm³/mol. The number of aromatic nitrogens is 2. The summed E-state index contributed by atoms with van der Waals surface area (Å²) in [5.41, 5.74) is 0.000142. The first-order chi connectivity index (χ1) is 12.9. The number of rotatable bonds is 3. The minimum absolute atomic E-state index is 0.0368. The van der Waals surface area contributed by atoms with Gasteiger partial charge in [-0.15, -0.1) is 0 Å². The number of hydrogen-bond donors (Lipinski definition) is 0. The monoisotopic (exact) mass is 428 g/mol. The third kappa shape index (κ3) is 4.03. The molecule has 0 spiro atoms. The summed E-state index contributed by atoms with van der Waals surface area (Å²) in [6.45, 7) is 5.81. The van der Waals surface area contributed by atoms with Crippen LogP contribution in [0.15, 0.2) is 36.7 Å². The second kappa shape index (κ2) is 7.08. The molecule has 148 valence electrons. The summed E-state index contributed by atoms with van der Waals surface area (Å²) in [4.78, 5) is 16.7. The van der Waals surface area contributed by atoms with E-state index in [0.29, 0.717) is 21.5 Å². The van der Waals surface area contributed by atoms with Crippen LogP contribution in [-0.2, 0) is 18.1 Å². The van der Waals surface area contributed by atoms with Gasteiger partial charge in [0, 0.05) is 35.3 Å². The maximum Gasteiger partial charge on any atom is 0.416 e. The van der Waals surface area contributed by atoms with E-state index in [1.807, 2.05) is 25.3 Å². The molecule has 1 aromatic carbocycles. The Bertz CT molecular complexity index is 1070. The van der Waals surface area contributed by atoms with Crippen molar-refractivity contribution in [2.24, 2.45) is 0 Å². The maximum atomic E-state index is 13.2. The van der Waals surface area contributed by atoms with E-state index in [1.165, 1.54) is 18.3 Å². The lowest BCUT2D eigenvalue weighted by molar-refractivity contribution is -0.137. The number of nitrogens with zero attached hydrogens (tertiary/aromatic N) is 2. The molecule has 0 aliphatic carbocycles. The van der Waals surface area contributed by atoms with E-state index in [1.54, 1.807) is 6.20 Å². The van der Waals surface area contributed by atoms with Crippen LogP contribution in [-0.4, -0.2) is 15.3 Å². The highest BCUT2D eigenvalue weighted by Gasteiger charge is 2.31. The number of carbonyl (C=O) groups is 1. The second-order valence-electron chi connectivity index (χ2n) is 7.51. The molecule has 2 heterocycles. The van der Waals surface area contributed by atoms with Crippen molar-refractivity contribution in [3.8, 4) is 0 Å². The third-order valence-corrected chi connectivity index (χ3v) is 4.85. The molecule has 0 atom stereocenters. The summed E-state index contributed by atoms with van der Waals surface area (Å²) in [5, 5.41) is 0.775. The molecule has 0 saturated heterocycles. The van der Waals surface area contributed by atoms with Gasteiger partial charge in [-0.1, -0.05) is 23.2 Å². The van der Waals surface area contributed by atoms with Crippen LogP contribution in [0.1, 0.15) is 42.4 Å². The first-order valence-electron chi connectivity index (χ1n) is 8.44. The quantitative estimate of drug-likeness (QED) is 0.443. The molecule has 28 heavy (non-hydrogen) atoms. The molecule has 0 radical (unpaired) electrons. The minimum atomic E-state index is -4.47. The van der Waals surface area contributed by atoms with E-state index in [-0.39, 0.29) is 22.7 Å². The zero-order valence-electron chi connectivity index (χ0n) is 15.4. The van der Waals surface area contributed by atoms with Crippen LogP contribution in [0, 0.1) is 0 Å². The molecule has 0 N–H and O–H groups in total. The van der Waals surface area contributed by atoms with Crippen LogP contribution in [0.4, 0.5) is 13.2 Å². The Labute approximate surface area is 170 Å². The van der Waals surface area contributed by atoms with Gasteiger partial charge in [-0.25, -0.2) is 4.98 Å². The number of benzene rings is 1. The normalized spacial score (nSPS) is 12.6. The van der Waals surface area contributed by atoms with Crippen LogP contribution >= 0.6 is 23.2 Å². The summed E-state index contributed by atoms with van der Waals surface area (Å²) < 4.78 is 41.4. The summed E-state index contributed by atoms with van der Waals surface area (Å²) in [7, 11) is 0. The van der Waals surface area contributed by atoms with Crippen molar-refractivity contribution in [1.82, 2.24) is 9.55 Å². The Morgan fingerprint density at radius 2 is 1.82 bits per heavy atom. The van der Waals surface area contributed by atoms with E-state index in [4.69, 9.17) is 23.2 Å². The van der Waals surface area contributed by atoms with Gasteiger partial charge in [0.1, 0.15) is 5.69 Å². The van der Waals surface area contributed by atoms with Gasteiger partial charge >= 0.3 is 6.18 Å². The number of fused-ring (bicyclic) bond motifs is 1. The lowest BCUT2D eigenvalue weighted by Gasteiger charge is -2.22. The van der Waals surface area contributed by atoms with Crippen molar-refractivity contribution in [3.63, 3.8) is 0 Å². The molecular formula is C20H17Cl2F3N2O. The number of Topliss-reactive ketones (excluding diaryl/α,β-unsaturated/α-hetero) is 1. The maximum absolute atomic E-state index is 13.2. The van der Waals surface area contributed by atoms with E-state index in [0.717, 1.165) is 12.1 Å². The Morgan fingerprint density at radius 3 is 2.39 bits per heavy atom. The van der Waals surface area contributed by atoms with E-state index in [2.05, 4.69) is 4.98 Å². The molecule has 0 bridgehead atoms. The topological polar surface area (TPSA) is 34.9 Å². The zero-order valence-corrected chi connectivity index (χ0v) is 16.9. The Balaban J connectivity index is 2.12. The van der Waals surface area contributed by atoms with Crippen molar-refractivity contribution < 1.29 is 18.0 Å². The molecule has 2 aromatic heterocycles. The van der Waals surface area contributed by atoms with Crippen molar-refractivity contribution in [2.45, 2.75) is 38.9 Å². The number of carbonyl (C=O) groups excluding carboxylic acids is 1. The van der Waals surface area contributed by atoms with Gasteiger partial charge in [0.05, 0.1) is 15.6 Å².